The maximum atomic E-state index is 13.0. The molecule has 4 heterocycles. The number of nitrogens with one attached hydrogen (secondary N) is 2. The molecule has 8 nitrogen and oxygen atoms in total. The number of aryl methyl sites for hydroxylation is 1. The molecule has 3 atom stereocenters. The van der Waals surface area contributed by atoms with Crippen LogP contribution in [-0.4, -0.2) is 62.4 Å². The number of benzene rings is 1. The minimum Gasteiger partial charge on any atom is -0.318 e. The normalized spacial score (nSPS) is 22.6. The van der Waals surface area contributed by atoms with Crippen molar-refractivity contribution >= 4 is 34.1 Å². The lowest BCUT2D eigenvalue weighted by Gasteiger charge is -2.39. The third-order valence-electron chi connectivity index (χ3n) is 6.12. The van der Waals surface area contributed by atoms with Gasteiger partial charge in [0.25, 0.3) is 6.43 Å². The number of anilines is 1. The maximum absolute atomic E-state index is 13.0. The Labute approximate surface area is 187 Å². The molecule has 11 heteroatoms. The van der Waals surface area contributed by atoms with E-state index in [0.717, 1.165) is 39.3 Å². The summed E-state index contributed by atoms with van der Waals surface area (Å²) in [6, 6.07) is 7.47. The zero-order chi connectivity index (χ0) is 22.2. The SMILES string of the molecule is Cc1nnc(-c2ccc3nnc(NC(=O)N4[C@@H]5CC[C@H]4C[C@@H](NCC(F)F)C5)cc3c2)s1. The summed E-state index contributed by atoms with van der Waals surface area (Å²) >= 11 is 1.51. The molecule has 3 aromatic rings. The van der Waals surface area contributed by atoms with E-state index in [0.29, 0.717) is 18.7 Å². The standard InChI is InChI=1S/C21H23F2N7OS/c1-11-26-29-20(32-11)12-2-5-17-13(6-12)7-19(28-27-17)25-21(31)30-15-3-4-16(30)9-14(8-15)24-10-18(22)23/h2,5-7,14-16,18,24H,3-4,8-10H2,1H3,(H,25,28,31)/t14-,15+,16-. The molecule has 2 aliphatic heterocycles. The van der Waals surface area contributed by atoms with Gasteiger partial charge in [-0.2, -0.15) is 0 Å². The number of carbonyl (C=O) groups is 1. The van der Waals surface area contributed by atoms with Crippen molar-refractivity contribution in [2.75, 3.05) is 11.9 Å². The molecule has 2 aliphatic rings. The van der Waals surface area contributed by atoms with Crippen LogP contribution in [0.5, 0.6) is 0 Å². The van der Waals surface area contributed by atoms with Gasteiger partial charge in [0.1, 0.15) is 10.0 Å². The summed E-state index contributed by atoms with van der Waals surface area (Å²) < 4.78 is 25.0. The number of hydrogen-bond donors (Lipinski definition) is 2. The molecule has 2 N–H and O–H groups in total. The second-order valence-electron chi connectivity index (χ2n) is 8.32. The van der Waals surface area contributed by atoms with Crippen molar-refractivity contribution in [3.63, 3.8) is 0 Å². The number of urea groups is 1. The smallest absolute Gasteiger partial charge is 0.318 e. The summed E-state index contributed by atoms with van der Waals surface area (Å²) in [7, 11) is 0. The van der Waals surface area contributed by atoms with Gasteiger partial charge in [-0.15, -0.1) is 20.4 Å². The Morgan fingerprint density at radius 3 is 2.62 bits per heavy atom. The monoisotopic (exact) mass is 459 g/mol. The first-order valence-corrected chi connectivity index (χ1v) is 11.5. The summed E-state index contributed by atoms with van der Waals surface area (Å²) in [6.07, 6.45) is 0.782. The molecule has 168 valence electrons. The molecule has 32 heavy (non-hydrogen) atoms. The molecule has 0 saturated carbocycles. The van der Waals surface area contributed by atoms with Crippen molar-refractivity contribution in [3.8, 4) is 10.6 Å². The molecule has 2 aromatic heterocycles. The Kier molecular flexibility index (Phi) is 5.68. The number of aromatic nitrogens is 4. The predicted molar refractivity (Wildman–Crippen MR) is 118 cm³/mol. The summed E-state index contributed by atoms with van der Waals surface area (Å²) in [6.45, 7) is 1.60. The van der Waals surface area contributed by atoms with Crippen molar-refractivity contribution in [2.45, 2.75) is 57.2 Å². The van der Waals surface area contributed by atoms with E-state index in [2.05, 4.69) is 31.0 Å². The van der Waals surface area contributed by atoms with Crippen LogP contribution in [0.1, 0.15) is 30.7 Å². The lowest BCUT2D eigenvalue weighted by atomic mass is 9.97. The largest absolute Gasteiger partial charge is 0.323 e. The van der Waals surface area contributed by atoms with Gasteiger partial charge < -0.3 is 10.2 Å². The van der Waals surface area contributed by atoms with E-state index in [-0.39, 0.29) is 30.7 Å². The van der Waals surface area contributed by atoms with E-state index < -0.39 is 6.43 Å². The maximum Gasteiger partial charge on any atom is 0.323 e. The first kappa shape index (κ1) is 21.1. The average molecular weight is 460 g/mol. The van der Waals surface area contributed by atoms with E-state index in [1.807, 2.05) is 30.0 Å². The summed E-state index contributed by atoms with van der Waals surface area (Å²) in [5, 5.41) is 25.0. The topological polar surface area (TPSA) is 95.9 Å². The number of amides is 2. The number of nitrogens with zero attached hydrogens (tertiary/aromatic N) is 5. The van der Waals surface area contributed by atoms with Gasteiger partial charge in [-0.3, -0.25) is 5.32 Å². The van der Waals surface area contributed by atoms with Crippen molar-refractivity contribution in [1.29, 1.82) is 0 Å². The van der Waals surface area contributed by atoms with Crippen LogP contribution in [-0.2, 0) is 0 Å². The second kappa shape index (κ2) is 8.62. The molecule has 2 fully saturated rings. The number of halogens is 2. The number of piperidine rings is 1. The van der Waals surface area contributed by atoms with Crippen LogP contribution < -0.4 is 10.6 Å². The highest BCUT2D eigenvalue weighted by atomic mass is 32.1. The quantitative estimate of drug-likeness (QED) is 0.602. The zero-order valence-corrected chi connectivity index (χ0v) is 18.3. The van der Waals surface area contributed by atoms with Gasteiger partial charge in [0.05, 0.1) is 12.1 Å². The molecule has 0 unspecified atom stereocenters. The van der Waals surface area contributed by atoms with Gasteiger partial charge in [-0.1, -0.05) is 11.3 Å². The highest BCUT2D eigenvalue weighted by molar-refractivity contribution is 7.14. The van der Waals surface area contributed by atoms with Gasteiger partial charge in [0.2, 0.25) is 0 Å². The fourth-order valence-corrected chi connectivity index (χ4v) is 5.45. The molecule has 5 rings (SSSR count). The van der Waals surface area contributed by atoms with Gasteiger partial charge >= 0.3 is 6.03 Å². The molecule has 2 bridgehead atoms. The number of alkyl halides is 2. The molecule has 0 radical (unpaired) electrons. The van der Waals surface area contributed by atoms with E-state index in [9.17, 15) is 13.6 Å². The highest BCUT2D eigenvalue weighted by Crippen LogP contribution is 2.36. The van der Waals surface area contributed by atoms with Crippen LogP contribution in [0.2, 0.25) is 0 Å². The minimum absolute atomic E-state index is 0.0217. The van der Waals surface area contributed by atoms with Crippen LogP contribution in [0.3, 0.4) is 0 Å². The van der Waals surface area contributed by atoms with E-state index >= 15 is 0 Å². The van der Waals surface area contributed by atoms with Crippen LogP contribution in [0.15, 0.2) is 24.3 Å². The third-order valence-corrected chi connectivity index (χ3v) is 7.01. The fraction of sp³-hybridized carbons (Fsp3) is 0.476. The van der Waals surface area contributed by atoms with Crippen molar-refractivity contribution in [1.82, 2.24) is 30.6 Å². The first-order chi connectivity index (χ1) is 15.5. The van der Waals surface area contributed by atoms with E-state index in [4.69, 9.17) is 0 Å². The molecule has 2 saturated heterocycles. The van der Waals surface area contributed by atoms with E-state index in [1.54, 1.807) is 6.07 Å². The Morgan fingerprint density at radius 2 is 1.94 bits per heavy atom. The van der Waals surface area contributed by atoms with Crippen molar-refractivity contribution in [3.05, 3.63) is 29.3 Å². The molecule has 1 aromatic carbocycles. The van der Waals surface area contributed by atoms with Crippen LogP contribution in [0.4, 0.5) is 19.4 Å². The van der Waals surface area contributed by atoms with Gasteiger partial charge in [0.15, 0.2) is 5.82 Å². The summed E-state index contributed by atoms with van der Waals surface area (Å²) in [5.74, 6) is 0.380. The Morgan fingerprint density at radius 1 is 1.16 bits per heavy atom. The number of fused-ring (bicyclic) bond motifs is 3. The Hall–Kier alpha value is -2.79. The van der Waals surface area contributed by atoms with Crippen molar-refractivity contribution in [2.24, 2.45) is 0 Å². The third kappa shape index (κ3) is 4.26. The van der Waals surface area contributed by atoms with Gasteiger partial charge in [0, 0.05) is 29.1 Å². The number of rotatable bonds is 5. The molecule has 2 amide bonds. The minimum atomic E-state index is -2.36. The van der Waals surface area contributed by atoms with Crippen LogP contribution >= 0.6 is 11.3 Å². The van der Waals surface area contributed by atoms with Crippen LogP contribution in [0, 0.1) is 6.92 Å². The second-order valence-corrected chi connectivity index (χ2v) is 9.50. The van der Waals surface area contributed by atoms with Gasteiger partial charge in [-0.05, 0) is 56.9 Å². The number of hydrogen-bond acceptors (Lipinski definition) is 7. The average Bonchev–Trinajstić information content (AvgIpc) is 3.32. The predicted octanol–water partition coefficient (Wildman–Crippen LogP) is 3.84. The number of carbonyl (C=O) groups excluding carboxylic acids is 1. The molecule has 0 spiro atoms. The molecular weight excluding hydrogens is 436 g/mol. The zero-order valence-electron chi connectivity index (χ0n) is 17.5. The lowest BCUT2D eigenvalue weighted by Crippen LogP contribution is -2.53. The fourth-order valence-electron chi connectivity index (χ4n) is 4.76. The first-order valence-electron chi connectivity index (χ1n) is 10.6. The summed E-state index contributed by atoms with van der Waals surface area (Å²) in [5.41, 5.74) is 1.66. The summed E-state index contributed by atoms with van der Waals surface area (Å²) in [4.78, 5) is 14.9. The van der Waals surface area contributed by atoms with Crippen LogP contribution in [0.25, 0.3) is 21.5 Å². The molecular formula is C21H23F2N7OS. The molecule has 0 aliphatic carbocycles. The van der Waals surface area contributed by atoms with E-state index in [1.165, 1.54) is 11.3 Å². The Balaban J connectivity index is 1.29. The van der Waals surface area contributed by atoms with Crippen molar-refractivity contribution < 1.29 is 13.6 Å². The highest BCUT2D eigenvalue weighted by Gasteiger charge is 2.43. The Bertz CT molecular complexity index is 1130. The lowest BCUT2D eigenvalue weighted by molar-refractivity contribution is 0.115. The van der Waals surface area contributed by atoms with Gasteiger partial charge in [-0.25, -0.2) is 13.6 Å².